The summed E-state index contributed by atoms with van der Waals surface area (Å²) in [5.41, 5.74) is 0.999. The second-order valence-electron chi connectivity index (χ2n) is 4.37. The topological polar surface area (TPSA) is 22.1 Å². The minimum atomic E-state index is -4.33. The number of hydrogen-bond acceptors (Lipinski definition) is 2. The minimum absolute atomic E-state index is 0.00188. The van der Waals surface area contributed by atoms with E-state index in [4.69, 9.17) is 0 Å². The number of nitrogens with zero attached hydrogens (tertiary/aromatic N) is 1. The molecular weight excluding hydrogens is 231 g/mol. The van der Waals surface area contributed by atoms with E-state index in [-0.39, 0.29) is 5.88 Å². The second kappa shape index (κ2) is 5.38. The summed E-state index contributed by atoms with van der Waals surface area (Å²) in [4.78, 5) is 3.86. The number of rotatable bonds is 4. The Bertz CT molecular complexity index is 346. The van der Waals surface area contributed by atoms with Crippen LogP contribution in [0.4, 0.5) is 13.2 Å². The van der Waals surface area contributed by atoms with Crippen LogP contribution in [-0.2, 0) is 0 Å². The van der Waals surface area contributed by atoms with E-state index < -0.39 is 12.8 Å². The normalized spacial score (nSPS) is 13.8. The molecule has 0 spiro atoms. The lowest BCUT2D eigenvalue weighted by molar-refractivity contribution is -0.154. The van der Waals surface area contributed by atoms with Crippen molar-refractivity contribution in [2.24, 2.45) is 5.92 Å². The number of halogens is 3. The van der Waals surface area contributed by atoms with Crippen LogP contribution in [0.2, 0.25) is 0 Å². The summed E-state index contributed by atoms with van der Waals surface area (Å²) in [5.74, 6) is 0.778. The first-order valence-electron chi connectivity index (χ1n) is 5.45. The number of aromatic nitrogens is 1. The Balaban J connectivity index is 2.62. The van der Waals surface area contributed by atoms with Crippen molar-refractivity contribution in [1.82, 2.24) is 4.98 Å². The van der Waals surface area contributed by atoms with Crippen molar-refractivity contribution >= 4 is 0 Å². The SMILES string of the molecule is CC(C)C(C)c1ccc(OCC(F)(F)F)nc1. The molecule has 0 amide bonds. The van der Waals surface area contributed by atoms with Gasteiger partial charge in [0.1, 0.15) is 0 Å². The maximum absolute atomic E-state index is 11.9. The molecule has 0 bridgehead atoms. The molecule has 96 valence electrons. The summed E-state index contributed by atoms with van der Waals surface area (Å²) in [5, 5.41) is 0. The van der Waals surface area contributed by atoms with Crippen LogP contribution < -0.4 is 4.74 Å². The fourth-order valence-corrected chi connectivity index (χ4v) is 1.29. The Hall–Kier alpha value is -1.26. The summed E-state index contributed by atoms with van der Waals surface area (Å²) in [6, 6.07) is 3.23. The number of alkyl halides is 3. The first kappa shape index (κ1) is 13.8. The molecule has 1 aromatic heterocycles. The van der Waals surface area contributed by atoms with E-state index in [1.807, 2.05) is 0 Å². The van der Waals surface area contributed by atoms with Crippen molar-refractivity contribution in [3.8, 4) is 5.88 Å². The van der Waals surface area contributed by atoms with E-state index in [0.29, 0.717) is 11.8 Å². The quantitative estimate of drug-likeness (QED) is 0.807. The number of hydrogen-bond donors (Lipinski definition) is 0. The van der Waals surface area contributed by atoms with Gasteiger partial charge in [-0.05, 0) is 17.4 Å². The smallest absolute Gasteiger partial charge is 0.422 e. The molecule has 2 nitrogen and oxygen atoms in total. The first-order valence-corrected chi connectivity index (χ1v) is 5.45. The molecule has 0 aromatic carbocycles. The maximum atomic E-state index is 11.9. The van der Waals surface area contributed by atoms with Crippen molar-refractivity contribution < 1.29 is 17.9 Å². The molecule has 1 atom stereocenters. The van der Waals surface area contributed by atoms with Crippen LogP contribution in [0.15, 0.2) is 18.3 Å². The van der Waals surface area contributed by atoms with Crippen LogP contribution in [-0.4, -0.2) is 17.8 Å². The Labute approximate surface area is 98.8 Å². The highest BCUT2D eigenvalue weighted by atomic mass is 19.4. The monoisotopic (exact) mass is 247 g/mol. The highest BCUT2D eigenvalue weighted by molar-refractivity contribution is 5.21. The van der Waals surface area contributed by atoms with E-state index in [9.17, 15) is 13.2 Å². The molecular formula is C12H16F3NO. The zero-order chi connectivity index (χ0) is 13.1. The third kappa shape index (κ3) is 4.63. The van der Waals surface area contributed by atoms with Gasteiger partial charge in [0.15, 0.2) is 6.61 Å². The zero-order valence-corrected chi connectivity index (χ0v) is 10.1. The van der Waals surface area contributed by atoms with Gasteiger partial charge in [0.25, 0.3) is 0 Å². The molecule has 0 fully saturated rings. The summed E-state index contributed by atoms with van der Waals surface area (Å²) in [6.45, 7) is 4.91. The van der Waals surface area contributed by atoms with Gasteiger partial charge in [0.2, 0.25) is 5.88 Å². The van der Waals surface area contributed by atoms with E-state index >= 15 is 0 Å². The van der Waals surface area contributed by atoms with Crippen LogP contribution >= 0.6 is 0 Å². The van der Waals surface area contributed by atoms with Gasteiger partial charge >= 0.3 is 6.18 Å². The average Bonchev–Trinajstić information content (AvgIpc) is 2.25. The minimum Gasteiger partial charge on any atom is -0.468 e. The fourth-order valence-electron chi connectivity index (χ4n) is 1.29. The van der Waals surface area contributed by atoms with E-state index in [1.54, 1.807) is 12.3 Å². The third-order valence-corrected chi connectivity index (χ3v) is 2.67. The van der Waals surface area contributed by atoms with E-state index in [0.717, 1.165) is 5.56 Å². The Morgan fingerprint density at radius 1 is 1.24 bits per heavy atom. The Morgan fingerprint density at radius 3 is 2.29 bits per heavy atom. The van der Waals surface area contributed by atoms with Crippen LogP contribution in [0.3, 0.4) is 0 Å². The van der Waals surface area contributed by atoms with Gasteiger partial charge in [-0.1, -0.05) is 26.8 Å². The number of pyridine rings is 1. The van der Waals surface area contributed by atoms with Crippen molar-refractivity contribution in [1.29, 1.82) is 0 Å². The second-order valence-corrected chi connectivity index (χ2v) is 4.37. The first-order chi connectivity index (χ1) is 7.79. The molecule has 17 heavy (non-hydrogen) atoms. The lowest BCUT2D eigenvalue weighted by Crippen LogP contribution is -2.19. The largest absolute Gasteiger partial charge is 0.468 e. The van der Waals surface area contributed by atoms with Gasteiger partial charge in [0.05, 0.1) is 0 Å². The molecule has 0 aliphatic heterocycles. The predicted octanol–water partition coefficient (Wildman–Crippen LogP) is 3.78. The summed E-state index contributed by atoms with van der Waals surface area (Å²) in [6.07, 6.45) is -2.76. The number of ether oxygens (including phenoxy) is 1. The molecule has 1 rings (SSSR count). The fraction of sp³-hybridized carbons (Fsp3) is 0.583. The molecule has 0 radical (unpaired) electrons. The standard InChI is InChI=1S/C12H16F3NO/c1-8(2)9(3)10-4-5-11(16-6-10)17-7-12(13,14)15/h4-6,8-9H,7H2,1-3H3. The highest BCUT2D eigenvalue weighted by Gasteiger charge is 2.28. The van der Waals surface area contributed by atoms with E-state index in [1.165, 1.54) is 6.07 Å². The lowest BCUT2D eigenvalue weighted by atomic mass is 9.92. The van der Waals surface area contributed by atoms with E-state index in [2.05, 4.69) is 30.5 Å². The van der Waals surface area contributed by atoms with Gasteiger partial charge in [-0.25, -0.2) is 4.98 Å². The summed E-state index contributed by atoms with van der Waals surface area (Å²) < 4.78 is 40.2. The van der Waals surface area contributed by atoms with Gasteiger partial charge < -0.3 is 4.74 Å². The van der Waals surface area contributed by atoms with Crippen molar-refractivity contribution in [2.45, 2.75) is 32.9 Å². The molecule has 0 saturated carbocycles. The molecule has 0 saturated heterocycles. The van der Waals surface area contributed by atoms with Gasteiger partial charge in [-0.15, -0.1) is 0 Å². The summed E-state index contributed by atoms with van der Waals surface area (Å²) in [7, 11) is 0. The van der Waals surface area contributed by atoms with Gasteiger partial charge in [0, 0.05) is 12.3 Å². The average molecular weight is 247 g/mol. The maximum Gasteiger partial charge on any atom is 0.422 e. The van der Waals surface area contributed by atoms with Crippen LogP contribution in [0, 0.1) is 5.92 Å². The molecule has 1 unspecified atom stereocenters. The lowest BCUT2D eigenvalue weighted by Gasteiger charge is -2.15. The van der Waals surface area contributed by atoms with Gasteiger partial charge in [-0.2, -0.15) is 13.2 Å². The zero-order valence-electron chi connectivity index (χ0n) is 10.1. The van der Waals surface area contributed by atoms with Crippen LogP contribution in [0.1, 0.15) is 32.3 Å². The molecule has 1 heterocycles. The molecule has 0 aliphatic rings. The van der Waals surface area contributed by atoms with Crippen molar-refractivity contribution in [2.75, 3.05) is 6.61 Å². The predicted molar refractivity (Wildman–Crippen MR) is 59.0 cm³/mol. The van der Waals surface area contributed by atoms with Gasteiger partial charge in [-0.3, -0.25) is 0 Å². The Kier molecular flexibility index (Phi) is 4.37. The summed E-state index contributed by atoms with van der Waals surface area (Å²) >= 11 is 0. The van der Waals surface area contributed by atoms with Crippen molar-refractivity contribution in [3.63, 3.8) is 0 Å². The highest BCUT2D eigenvalue weighted by Crippen LogP contribution is 2.24. The Morgan fingerprint density at radius 2 is 1.88 bits per heavy atom. The van der Waals surface area contributed by atoms with Crippen LogP contribution in [0.5, 0.6) is 5.88 Å². The molecule has 0 N–H and O–H groups in total. The molecule has 1 aromatic rings. The molecule has 5 heteroatoms. The van der Waals surface area contributed by atoms with Crippen LogP contribution in [0.25, 0.3) is 0 Å². The van der Waals surface area contributed by atoms with Crippen molar-refractivity contribution in [3.05, 3.63) is 23.9 Å². The molecule has 0 aliphatic carbocycles. The third-order valence-electron chi connectivity index (χ3n) is 2.67.